The summed E-state index contributed by atoms with van der Waals surface area (Å²) in [5.41, 5.74) is -0.345. The van der Waals surface area contributed by atoms with Crippen molar-refractivity contribution in [1.82, 2.24) is 5.32 Å². The topological polar surface area (TPSA) is 52.6 Å². The minimum atomic E-state index is -1.50. The number of fused-ring (bicyclic) bond motifs is 1. The fourth-order valence-electron chi connectivity index (χ4n) is 2.32. The van der Waals surface area contributed by atoms with Crippen LogP contribution in [-0.2, 0) is 10.4 Å². The Balaban J connectivity index is 2.42. The molecule has 1 amide bonds. The number of rotatable bonds is 1. The van der Waals surface area contributed by atoms with Gasteiger partial charge in [0.05, 0.1) is 6.54 Å². The molecule has 0 fully saturated rings. The van der Waals surface area contributed by atoms with Gasteiger partial charge in [0, 0.05) is 28.3 Å². The molecule has 2 N–H and O–H groups in total. The van der Waals surface area contributed by atoms with Gasteiger partial charge < -0.3 is 15.3 Å². The highest BCUT2D eigenvalue weighted by atomic mass is 79.9. The molecule has 104 valence electrons. The van der Waals surface area contributed by atoms with E-state index in [1.54, 1.807) is 6.07 Å². The Morgan fingerprint density at radius 2 is 2.11 bits per heavy atom. The number of hydrogen-bond donors (Lipinski definition) is 2. The van der Waals surface area contributed by atoms with Gasteiger partial charge in [-0.3, -0.25) is 4.79 Å². The average Bonchev–Trinajstić information content (AvgIpc) is 2.50. The van der Waals surface area contributed by atoms with Crippen LogP contribution in [0.2, 0.25) is 0 Å². The standard InChI is InChI=1S/C14H19BrN2O2/c1-13(2,3)16-12(18)14(19)8-17(4)11-6-5-9(15)7-10(11)14/h5-7,19H,8H2,1-4H3,(H,16,18). The van der Waals surface area contributed by atoms with Crippen LogP contribution in [0.1, 0.15) is 26.3 Å². The number of carbonyl (C=O) groups excluding carboxylic acids is 1. The van der Waals surface area contributed by atoms with E-state index < -0.39 is 5.60 Å². The van der Waals surface area contributed by atoms with Crippen LogP contribution in [0.4, 0.5) is 5.69 Å². The molecule has 1 atom stereocenters. The molecule has 4 nitrogen and oxygen atoms in total. The summed E-state index contributed by atoms with van der Waals surface area (Å²) < 4.78 is 0.850. The molecule has 0 radical (unpaired) electrons. The van der Waals surface area contributed by atoms with Crippen molar-refractivity contribution in [2.24, 2.45) is 0 Å². The monoisotopic (exact) mass is 326 g/mol. The number of benzene rings is 1. The van der Waals surface area contributed by atoms with Crippen molar-refractivity contribution in [3.05, 3.63) is 28.2 Å². The largest absolute Gasteiger partial charge is 0.374 e. The summed E-state index contributed by atoms with van der Waals surface area (Å²) in [7, 11) is 1.87. The number of likely N-dealkylation sites (N-methyl/N-ethyl adjacent to an activating group) is 1. The maximum atomic E-state index is 12.4. The lowest BCUT2D eigenvalue weighted by Crippen LogP contribution is -2.53. The summed E-state index contributed by atoms with van der Waals surface area (Å²) in [6.45, 7) is 5.96. The fourth-order valence-corrected chi connectivity index (χ4v) is 2.69. The van der Waals surface area contributed by atoms with Crippen molar-refractivity contribution < 1.29 is 9.90 Å². The van der Waals surface area contributed by atoms with E-state index in [2.05, 4.69) is 21.2 Å². The molecule has 1 aliphatic heterocycles. The van der Waals surface area contributed by atoms with Crippen LogP contribution in [0, 0.1) is 0 Å². The number of anilines is 1. The first-order valence-electron chi connectivity index (χ1n) is 6.20. The minimum absolute atomic E-state index is 0.265. The van der Waals surface area contributed by atoms with E-state index in [1.807, 2.05) is 44.9 Å². The predicted octanol–water partition coefficient (Wildman–Crippen LogP) is 2.00. The molecular weight excluding hydrogens is 308 g/mol. The second kappa shape index (κ2) is 4.49. The van der Waals surface area contributed by atoms with Crippen molar-refractivity contribution in [2.45, 2.75) is 31.9 Å². The molecule has 1 aromatic rings. The Morgan fingerprint density at radius 1 is 1.47 bits per heavy atom. The van der Waals surface area contributed by atoms with E-state index >= 15 is 0 Å². The average molecular weight is 327 g/mol. The summed E-state index contributed by atoms with van der Waals surface area (Å²) in [5.74, 6) is -0.358. The molecule has 1 aliphatic rings. The van der Waals surface area contributed by atoms with Gasteiger partial charge >= 0.3 is 0 Å². The Labute approximate surface area is 121 Å². The molecule has 5 heteroatoms. The smallest absolute Gasteiger partial charge is 0.258 e. The van der Waals surface area contributed by atoms with E-state index in [4.69, 9.17) is 0 Å². The number of nitrogens with zero attached hydrogens (tertiary/aromatic N) is 1. The fraction of sp³-hybridized carbons (Fsp3) is 0.500. The highest BCUT2D eigenvalue weighted by Gasteiger charge is 2.47. The molecule has 0 spiro atoms. The Bertz CT molecular complexity index is 525. The first kappa shape index (κ1) is 14.3. The number of aliphatic hydroxyl groups is 1. The summed E-state index contributed by atoms with van der Waals surface area (Å²) in [5, 5.41) is 13.6. The van der Waals surface area contributed by atoms with Gasteiger partial charge in [0.15, 0.2) is 5.60 Å². The van der Waals surface area contributed by atoms with Crippen LogP contribution in [-0.4, -0.2) is 30.1 Å². The molecule has 0 saturated carbocycles. The zero-order valence-electron chi connectivity index (χ0n) is 11.6. The van der Waals surface area contributed by atoms with Crippen molar-refractivity contribution >= 4 is 27.5 Å². The van der Waals surface area contributed by atoms with Gasteiger partial charge in [-0.25, -0.2) is 0 Å². The lowest BCUT2D eigenvalue weighted by Gasteiger charge is -2.28. The van der Waals surface area contributed by atoms with Crippen LogP contribution >= 0.6 is 15.9 Å². The first-order chi connectivity index (χ1) is 8.63. The van der Waals surface area contributed by atoms with Crippen LogP contribution in [0.5, 0.6) is 0 Å². The van der Waals surface area contributed by atoms with Crippen molar-refractivity contribution in [3.63, 3.8) is 0 Å². The van der Waals surface area contributed by atoms with Crippen molar-refractivity contribution in [1.29, 1.82) is 0 Å². The van der Waals surface area contributed by atoms with Gasteiger partial charge in [0.25, 0.3) is 5.91 Å². The number of hydrogen-bond acceptors (Lipinski definition) is 3. The molecule has 19 heavy (non-hydrogen) atoms. The van der Waals surface area contributed by atoms with E-state index in [1.165, 1.54) is 0 Å². The lowest BCUT2D eigenvalue weighted by atomic mass is 9.94. The number of amides is 1. The SMILES string of the molecule is CN1CC(O)(C(=O)NC(C)(C)C)c2cc(Br)ccc21. The molecule has 2 rings (SSSR count). The van der Waals surface area contributed by atoms with Crippen LogP contribution < -0.4 is 10.2 Å². The summed E-state index contributed by atoms with van der Waals surface area (Å²) in [4.78, 5) is 14.3. The van der Waals surface area contributed by atoms with Gasteiger partial charge in [-0.2, -0.15) is 0 Å². The minimum Gasteiger partial charge on any atom is -0.374 e. The third-order valence-electron chi connectivity index (χ3n) is 3.15. The second-order valence-corrected chi connectivity index (χ2v) is 7.00. The van der Waals surface area contributed by atoms with Gasteiger partial charge in [-0.05, 0) is 39.0 Å². The van der Waals surface area contributed by atoms with Crippen LogP contribution in [0.25, 0.3) is 0 Å². The summed E-state index contributed by atoms with van der Waals surface area (Å²) >= 11 is 3.39. The highest BCUT2D eigenvalue weighted by Crippen LogP contribution is 2.40. The van der Waals surface area contributed by atoms with E-state index in [-0.39, 0.29) is 18.0 Å². The number of β-amino-alcohol motifs (C(OH)–C–C–N with tert-alkyl or cyclic N) is 1. The second-order valence-electron chi connectivity index (χ2n) is 6.08. The third-order valence-corrected chi connectivity index (χ3v) is 3.64. The maximum Gasteiger partial charge on any atom is 0.258 e. The molecule has 0 aliphatic carbocycles. The number of halogens is 1. The quantitative estimate of drug-likeness (QED) is 0.830. The zero-order chi connectivity index (χ0) is 14.4. The molecule has 0 saturated heterocycles. The molecule has 0 aromatic heterocycles. The van der Waals surface area contributed by atoms with Crippen LogP contribution in [0.3, 0.4) is 0 Å². The predicted molar refractivity (Wildman–Crippen MR) is 79.2 cm³/mol. The van der Waals surface area contributed by atoms with Gasteiger partial charge in [-0.1, -0.05) is 15.9 Å². The van der Waals surface area contributed by atoms with E-state index in [0.29, 0.717) is 5.56 Å². The van der Waals surface area contributed by atoms with E-state index in [0.717, 1.165) is 10.2 Å². The summed E-state index contributed by atoms with van der Waals surface area (Å²) in [6, 6.07) is 5.62. The molecule has 1 heterocycles. The Kier molecular flexibility index (Phi) is 3.39. The Hall–Kier alpha value is -1.07. The van der Waals surface area contributed by atoms with Gasteiger partial charge in [0.2, 0.25) is 0 Å². The van der Waals surface area contributed by atoms with E-state index in [9.17, 15) is 9.90 Å². The van der Waals surface area contributed by atoms with Crippen molar-refractivity contribution in [3.8, 4) is 0 Å². The molecule has 1 aromatic carbocycles. The zero-order valence-corrected chi connectivity index (χ0v) is 13.2. The van der Waals surface area contributed by atoms with Gasteiger partial charge in [0.1, 0.15) is 0 Å². The number of carbonyl (C=O) groups is 1. The number of nitrogens with one attached hydrogen (secondary N) is 1. The molecular formula is C14H19BrN2O2. The molecule has 0 bridgehead atoms. The lowest BCUT2D eigenvalue weighted by molar-refractivity contribution is -0.140. The van der Waals surface area contributed by atoms with Crippen molar-refractivity contribution in [2.75, 3.05) is 18.5 Å². The Morgan fingerprint density at radius 3 is 2.68 bits per heavy atom. The third kappa shape index (κ3) is 2.62. The van der Waals surface area contributed by atoms with Gasteiger partial charge in [-0.15, -0.1) is 0 Å². The van der Waals surface area contributed by atoms with Crippen LogP contribution in [0.15, 0.2) is 22.7 Å². The maximum absolute atomic E-state index is 12.4. The normalized spacial score (nSPS) is 22.3. The highest BCUT2D eigenvalue weighted by molar-refractivity contribution is 9.10. The first-order valence-corrected chi connectivity index (χ1v) is 6.99. The molecule has 1 unspecified atom stereocenters. The summed E-state index contributed by atoms with van der Waals surface area (Å²) in [6.07, 6.45) is 0.